The van der Waals surface area contributed by atoms with Crippen molar-refractivity contribution in [1.82, 2.24) is 15.5 Å². The molecule has 3 N–H and O–H groups in total. The van der Waals surface area contributed by atoms with Gasteiger partial charge in [-0.15, -0.1) is 0 Å². The third-order valence-electron chi connectivity index (χ3n) is 4.46. The molecular weight excluding hydrogens is 332 g/mol. The predicted octanol–water partition coefficient (Wildman–Crippen LogP) is 1.46. The molecule has 0 spiro atoms. The molecule has 7 nitrogen and oxygen atoms in total. The van der Waals surface area contributed by atoms with Crippen LogP contribution in [0, 0.1) is 6.92 Å². The molecule has 2 rings (SSSR count). The quantitative estimate of drug-likeness (QED) is 0.349. The third-order valence-corrected chi connectivity index (χ3v) is 4.46. The number of morpholine rings is 1. The molecule has 0 amide bonds. The molecular formula is C19H34N4O3. The van der Waals surface area contributed by atoms with Gasteiger partial charge in [0, 0.05) is 26.2 Å². The van der Waals surface area contributed by atoms with E-state index in [-0.39, 0.29) is 6.54 Å². The molecule has 1 aliphatic heterocycles. The molecule has 2 heterocycles. The van der Waals surface area contributed by atoms with Gasteiger partial charge in [0.2, 0.25) is 0 Å². The predicted molar refractivity (Wildman–Crippen MR) is 103 cm³/mol. The summed E-state index contributed by atoms with van der Waals surface area (Å²) in [5.41, 5.74) is -1.12. The molecule has 1 aliphatic rings. The Balaban J connectivity index is 1.73. The van der Waals surface area contributed by atoms with Gasteiger partial charge in [-0.2, -0.15) is 0 Å². The van der Waals surface area contributed by atoms with E-state index in [4.69, 9.17) is 9.15 Å². The van der Waals surface area contributed by atoms with Gasteiger partial charge in [-0.25, -0.2) is 4.99 Å². The number of guanidine groups is 1. The van der Waals surface area contributed by atoms with Gasteiger partial charge in [0.1, 0.15) is 17.1 Å². The maximum absolute atomic E-state index is 10.6. The molecule has 1 aromatic heterocycles. The van der Waals surface area contributed by atoms with Crippen LogP contribution in [0.5, 0.6) is 0 Å². The summed E-state index contributed by atoms with van der Waals surface area (Å²) in [5, 5.41) is 17.2. The van der Waals surface area contributed by atoms with Gasteiger partial charge in [-0.3, -0.25) is 4.90 Å². The average Bonchev–Trinajstić information content (AvgIpc) is 3.07. The normalized spacial score (nSPS) is 18.5. The van der Waals surface area contributed by atoms with Gasteiger partial charge in [-0.05, 0) is 52.3 Å². The van der Waals surface area contributed by atoms with Crippen molar-refractivity contribution in [3.05, 3.63) is 23.7 Å². The molecule has 1 aromatic rings. The number of unbranched alkanes of at least 4 members (excludes halogenated alkanes) is 1. The number of aliphatic imine (C=N–C) groups is 1. The Morgan fingerprint density at radius 3 is 2.69 bits per heavy atom. The summed E-state index contributed by atoms with van der Waals surface area (Å²) in [4.78, 5) is 6.97. The summed E-state index contributed by atoms with van der Waals surface area (Å²) < 4.78 is 10.9. The largest absolute Gasteiger partial charge is 0.463 e. The van der Waals surface area contributed by atoms with Crippen molar-refractivity contribution in [3.8, 4) is 0 Å². The minimum atomic E-state index is -1.12. The lowest BCUT2D eigenvalue weighted by molar-refractivity contribution is 0.0372. The van der Waals surface area contributed by atoms with Gasteiger partial charge >= 0.3 is 0 Å². The SMILES string of the molecule is CCNC(=NCC(C)(O)c1ccc(C)o1)NCCCCN1CCOCC1. The highest BCUT2D eigenvalue weighted by atomic mass is 16.5. The van der Waals surface area contributed by atoms with E-state index in [0.717, 1.165) is 70.5 Å². The molecule has 0 aromatic carbocycles. The minimum absolute atomic E-state index is 0.239. The number of rotatable bonds is 9. The van der Waals surface area contributed by atoms with Crippen molar-refractivity contribution in [2.75, 3.05) is 52.5 Å². The van der Waals surface area contributed by atoms with Gasteiger partial charge in [-0.1, -0.05) is 0 Å². The maximum atomic E-state index is 10.6. The molecule has 0 radical (unpaired) electrons. The summed E-state index contributed by atoms with van der Waals surface area (Å²) in [6, 6.07) is 3.66. The fraction of sp³-hybridized carbons (Fsp3) is 0.737. The first-order valence-electron chi connectivity index (χ1n) is 9.63. The summed E-state index contributed by atoms with van der Waals surface area (Å²) >= 11 is 0. The van der Waals surface area contributed by atoms with Gasteiger partial charge in [0.15, 0.2) is 5.96 Å². The number of nitrogens with one attached hydrogen (secondary N) is 2. The maximum Gasteiger partial charge on any atom is 0.191 e. The van der Waals surface area contributed by atoms with Crippen LogP contribution in [0.4, 0.5) is 0 Å². The second kappa shape index (κ2) is 10.5. The first kappa shape index (κ1) is 20.7. The zero-order valence-corrected chi connectivity index (χ0v) is 16.4. The van der Waals surface area contributed by atoms with E-state index in [9.17, 15) is 5.11 Å². The van der Waals surface area contributed by atoms with Crippen LogP contribution < -0.4 is 10.6 Å². The second-order valence-corrected chi connectivity index (χ2v) is 6.97. The van der Waals surface area contributed by atoms with Crippen LogP contribution in [-0.4, -0.2) is 68.4 Å². The van der Waals surface area contributed by atoms with Crippen LogP contribution in [-0.2, 0) is 10.3 Å². The molecule has 0 aliphatic carbocycles. The van der Waals surface area contributed by atoms with E-state index in [1.807, 2.05) is 19.9 Å². The van der Waals surface area contributed by atoms with Crippen molar-refractivity contribution in [1.29, 1.82) is 0 Å². The fourth-order valence-electron chi connectivity index (χ4n) is 2.87. The Labute approximate surface area is 156 Å². The Morgan fingerprint density at radius 1 is 1.27 bits per heavy atom. The van der Waals surface area contributed by atoms with Gasteiger partial charge < -0.3 is 24.9 Å². The molecule has 148 valence electrons. The number of aryl methyl sites for hydroxylation is 1. The minimum Gasteiger partial charge on any atom is -0.463 e. The summed E-state index contributed by atoms with van der Waals surface area (Å²) in [5.74, 6) is 2.05. The number of aliphatic hydroxyl groups is 1. The average molecular weight is 367 g/mol. The standard InChI is InChI=1S/C19H34N4O3/c1-4-20-18(21-9-5-6-10-23-11-13-25-14-12-23)22-15-19(3,24)17-8-7-16(2)26-17/h7-8,24H,4-6,9-15H2,1-3H3,(H2,20,21,22). The number of ether oxygens (including phenoxy) is 1. The Morgan fingerprint density at radius 2 is 2.04 bits per heavy atom. The Kier molecular flexibility index (Phi) is 8.41. The third kappa shape index (κ3) is 6.97. The molecule has 1 fully saturated rings. The number of furan rings is 1. The molecule has 26 heavy (non-hydrogen) atoms. The van der Waals surface area contributed by atoms with Gasteiger partial charge in [0.25, 0.3) is 0 Å². The number of nitrogens with zero attached hydrogens (tertiary/aromatic N) is 2. The summed E-state index contributed by atoms with van der Waals surface area (Å²) in [7, 11) is 0. The zero-order chi connectivity index (χ0) is 18.8. The lowest BCUT2D eigenvalue weighted by Crippen LogP contribution is -2.40. The number of hydrogen-bond donors (Lipinski definition) is 3. The highest BCUT2D eigenvalue weighted by molar-refractivity contribution is 5.79. The van der Waals surface area contributed by atoms with Gasteiger partial charge in [0.05, 0.1) is 19.8 Å². The Bertz CT molecular complexity index is 551. The molecule has 7 heteroatoms. The van der Waals surface area contributed by atoms with Crippen LogP contribution in [0.3, 0.4) is 0 Å². The van der Waals surface area contributed by atoms with E-state index >= 15 is 0 Å². The topological polar surface area (TPSA) is 82.3 Å². The lowest BCUT2D eigenvalue weighted by atomic mass is 10.0. The molecule has 0 bridgehead atoms. The Hall–Kier alpha value is -1.57. The molecule has 0 saturated carbocycles. The first-order chi connectivity index (χ1) is 12.5. The van der Waals surface area contributed by atoms with E-state index < -0.39 is 5.60 Å². The van der Waals surface area contributed by atoms with Crippen molar-refractivity contribution in [3.63, 3.8) is 0 Å². The highest BCUT2D eigenvalue weighted by Gasteiger charge is 2.26. The monoisotopic (exact) mass is 366 g/mol. The highest BCUT2D eigenvalue weighted by Crippen LogP contribution is 2.22. The van der Waals surface area contributed by atoms with Crippen LogP contribution in [0.2, 0.25) is 0 Å². The number of hydrogen-bond acceptors (Lipinski definition) is 5. The second-order valence-electron chi connectivity index (χ2n) is 6.97. The van der Waals surface area contributed by atoms with Crippen molar-refractivity contribution in [2.24, 2.45) is 4.99 Å². The zero-order valence-electron chi connectivity index (χ0n) is 16.4. The lowest BCUT2D eigenvalue weighted by Gasteiger charge is -2.26. The smallest absolute Gasteiger partial charge is 0.191 e. The van der Waals surface area contributed by atoms with Crippen molar-refractivity contribution >= 4 is 5.96 Å². The van der Waals surface area contributed by atoms with Crippen LogP contribution in [0.15, 0.2) is 21.5 Å². The molecule has 1 unspecified atom stereocenters. The van der Waals surface area contributed by atoms with E-state index in [1.54, 1.807) is 13.0 Å². The summed E-state index contributed by atoms with van der Waals surface area (Å²) in [6.07, 6.45) is 2.23. The van der Waals surface area contributed by atoms with Crippen LogP contribution >= 0.6 is 0 Å². The van der Waals surface area contributed by atoms with E-state index in [1.165, 1.54) is 0 Å². The molecule has 1 saturated heterocycles. The van der Waals surface area contributed by atoms with E-state index in [0.29, 0.717) is 5.76 Å². The fourth-order valence-corrected chi connectivity index (χ4v) is 2.87. The summed E-state index contributed by atoms with van der Waals surface area (Å²) in [6.45, 7) is 12.4. The van der Waals surface area contributed by atoms with Crippen molar-refractivity contribution in [2.45, 2.75) is 39.2 Å². The van der Waals surface area contributed by atoms with Crippen molar-refractivity contribution < 1.29 is 14.3 Å². The molecule has 1 atom stereocenters. The van der Waals surface area contributed by atoms with Crippen LogP contribution in [0.25, 0.3) is 0 Å². The first-order valence-corrected chi connectivity index (χ1v) is 9.63. The van der Waals surface area contributed by atoms with Crippen LogP contribution in [0.1, 0.15) is 38.2 Å². The van der Waals surface area contributed by atoms with E-state index in [2.05, 4.69) is 20.5 Å².